The molecule has 0 saturated heterocycles. The summed E-state index contributed by atoms with van der Waals surface area (Å²) >= 11 is 0. The fourth-order valence-corrected chi connectivity index (χ4v) is 6.70. The summed E-state index contributed by atoms with van der Waals surface area (Å²) in [6.45, 7) is 6.99. The third-order valence-electron chi connectivity index (χ3n) is 4.34. The maximum absolute atomic E-state index is 4.63. The first kappa shape index (κ1) is 14.8. The second kappa shape index (κ2) is 6.71. The zero-order valence-corrected chi connectivity index (χ0v) is 13.7. The lowest BCUT2D eigenvalue weighted by molar-refractivity contribution is 1.08. The van der Waals surface area contributed by atoms with Crippen LogP contribution in [0, 0.1) is 0 Å². The maximum atomic E-state index is 4.63. The highest BCUT2D eigenvalue weighted by Gasteiger charge is 2.36. The summed E-state index contributed by atoms with van der Waals surface area (Å²) in [5.74, 6) is 1.09. The Balaban J connectivity index is 2.55. The Labute approximate surface area is 123 Å². The minimum Gasteiger partial charge on any atom is -0.354 e. The SMILES string of the molecule is CC[Si](CC)(CC)N(c1ccccc1)c1ccccn1. The molecule has 0 aliphatic heterocycles. The van der Waals surface area contributed by atoms with Gasteiger partial charge in [-0.3, -0.25) is 0 Å². The molecule has 0 unspecified atom stereocenters. The molecule has 0 atom stereocenters. The van der Waals surface area contributed by atoms with E-state index in [4.69, 9.17) is 0 Å². The summed E-state index contributed by atoms with van der Waals surface area (Å²) in [7, 11) is -1.56. The molecule has 2 nitrogen and oxygen atoms in total. The highest BCUT2D eigenvalue weighted by molar-refractivity contribution is 6.84. The molecule has 0 bridgehead atoms. The molecule has 0 fully saturated rings. The Hall–Kier alpha value is -1.61. The number of benzene rings is 1. The molecular weight excluding hydrogens is 260 g/mol. The first-order valence-corrected chi connectivity index (χ1v) is 10.1. The monoisotopic (exact) mass is 284 g/mol. The van der Waals surface area contributed by atoms with Crippen molar-refractivity contribution in [2.24, 2.45) is 0 Å². The van der Waals surface area contributed by atoms with Gasteiger partial charge in [-0.2, -0.15) is 0 Å². The van der Waals surface area contributed by atoms with Crippen molar-refractivity contribution in [1.29, 1.82) is 0 Å². The predicted octanol–water partition coefficient (Wildman–Crippen LogP) is 5.22. The normalized spacial score (nSPS) is 11.3. The minimum absolute atomic E-state index is 1.09. The Morgan fingerprint density at radius 1 is 0.850 bits per heavy atom. The van der Waals surface area contributed by atoms with Crippen molar-refractivity contribution in [3.63, 3.8) is 0 Å². The topological polar surface area (TPSA) is 16.1 Å². The first-order valence-electron chi connectivity index (χ1n) is 7.53. The lowest BCUT2D eigenvalue weighted by Gasteiger charge is -2.42. The molecule has 1 heterocycles. The van der Waals surface area contributed by atoms with Gasteiger partial charge in [-0.1, -0.05) is 45.0 Å². The number of hydrogen-bond donors (Lipinski definition) is 0. The number of hydrogen-bond acceptors (Lipinski definition) is 2. The van der Waals surface area contributed by atoms with Gasteiger partial charge < -0.3 is 4.57 Å². The van der Waals surface area contributed by atoms with Crippen LogP contribution in [0.2, 0.25) is 18.1 Å². The van der Waals surface area contributed by atoms with Gasteiger partial charge in [0.05, 0.1) is 0 Å². The molecule has 2 aromatic rings. The van der Waals surface area contributed by atoms with Crippen LogP contribution in [-0.4, -0.2) is 13.2 Å². The van der Waals surface area contributed by atoms with Crippen molar-refractivity contribution in [3.05, 3.63) is 54.7 Å². The van der Waals surface area contributed by atoms with Crippen LogP contribution in [0.15, 0.2) is 54.7 Å². The Kier molecular flexibility index (Phi) is 4.96. The second-order valence-corrected chi connectivity index (χ2v) is 10.2. The van der Waals surface area contributed by atoms with Crippen molar-refractivity contribution in [2.45, 2.75) is 38.9 Å². The summed E-state index contributed by atoms with van der Waals surface area (Å²) in [4.78, 5) is 4.63. The average Bonchev–Trinajstić information content (AvgIpc) is 2.54. The lowest BCUT2D eigenvalue weighted by Crippen LogP contribution is -2.50. The van der Waals surface area contributed by atoms with Crippen LogP contribution in [0.25, 0.3) is 0 Å². The summed E-state index contributed by atoms with van der Waals surface area (Å²) in [6, 6.07) is 20.6. The zero-order valence-electron chi connectivity index (χ0n) is 12.7. The third kappa shape index (κ3) is 2.78. The average molecular weight is 284 g/mol. The van der Waals surface area contributed by atoms with Crippen LogP contribution in [-0.2, 0) is 0 Å². The van der Waals surface area contributed by atoms with E-state index in [2.05, 4.69) is 72.8 Å². The lowest BCUT2D eigenvalue weighted by atomic mass is 10.3. The fourth-order valence-electron chi connectivity index (χ4n) is 2.94. The van der Waals surface area contributed by atoms with E-state index in [1.165, 1.54) is 23.8 Å². The first-order chi connectivity index (χ1) is 9.77. The van der Waals surface area contributed by atoms with Crippen molar-refractivity contribution < 1.29 is 0 Å². The number of anilines is 2. The molecule has 106 valence electrons. The van der Waals surface area contributed by atoms with Gasteiger partial charge in [-0.05, 0) is 42.4 Å². The van der Waals surface area contributed by atoms with E-state index in [-0.39, 0.29) is 0 Å². The van der Waals surface area contributed by atoms with Gasteiger partial charge in [0.1, 0.15) is 5.82 Å². The number of rotatable bonds is 6. The zero-order chi connectivity index (χ0) is 14.4. The van der Waals surface area contributed by atoms with Gasteiger partial charge in [0, 0.05) is 11.9 Å². The van der Waals surface area contributed by atoms with Crippen molar-refractivity contribution >= 4 is 19.7 Å². The molecule has 0 radical (unpaired) electrons. The third-order valence-corrected chi connectivity index (χ3v) is 9.73. The van der Waals surface area contributed by atoms with Crippen LogP contribution >= 0.6 is 0 Å². The minimum atomic E-state index is -1.56. The summed E-state index contributed by atoms with van der Waals surface area (Å²) in [6.07, 6.45) is 1.89. The summed E-state index contributed by atoms with van der Waals surface area (Å²) < 4.78 is 2.55. The summed E-state index contributed by atoms with van der Waals surface area (Å²) in [5, 5.41) is 0. The highest BCUT2D eigenvalue weighted by atomic mass is 28.3. The number of nitrogens with zero attached hydrogens (tertiary/aromatic N) is 2. The molecule has 0 saturated carbocycles. The van der Waals surface area contributed by atoms with Gasteiger partial charge in [0.25, 0.3) is 0 Å². The van der Waals surface area contributed by atoms with Crippen LogP contribution in [0.1, 0.15) is 20.8 Å². The number of para-hydroxylation sites is 1. The van der Waals surface area contributed by atoms with Crippen molar-refractivity contribution in [1.82, 2.24) is 4.98 Å². The van der Waals surface area contributed by atoms with Gasteiger partial charge in [-0.15, -0.1) is 0 Å². The van der Waals surface area contributed by atoms with E-state index in [1.54, 1.807) is 0 Å². The van der Waals surface area contributed by atoms with Crippen LogP contribution < -0.4 is 4.57 Å². The molecule has 0 N–H and O–H groups in total. The van der Waals surface area contributed by atoms with E-state index in [0.717, 1.165) is 5.82 Å². The van der Waals surface area contributed by atoms with Gasteiger partial charge in [0.15, 0.2) is 8.24 Å². The molecule has 0 spiro atoms. The molecule has 0 amide bonds. The van der Waals surface area contributed by atoms with Crippen LogP contribution in [0.4, 0.5) is 11.5 Å². The molecule has 2 rings (SSSR count). The molecule has 0 aliphatic rings. The van der Waals surface area contributed by atoms with E-state index in [0.29, 0.717) is 0 Å². The predicted molar refractivity (Wildman–Crippen MR) is 90.0 cm³/mol. The van der Waals surface area contributed by atoms with Crippen LogP contribution in [0.5, 0.6) is 0 Å². The molecule has 1 aromatic carbocycles. The Morgan fingerprint density at radius 2 is 1.45 bits per heavy atom. The highest BCUT2D eigenvalue weighted by Crippen LogP contribution is 2.35. The van der Waals surface area contributed by atoms with E-state index >= 15 is 0 Å². The molecular formula is C17H24N2Si. The van der Waals surface area contributed by atoms with Crippen molar-refractivity contribution in [3.8, 4) is 0 Å². The molecule has 20 heavy (non-hydrogen) atoms. The Bertz CT molecular complexity index is 461. The van der Waals surface area contributed by atoms with E-state index < -0.39 is 8.24 Å². The van der Waals surface area contributed by atoms with Gasteiger partial charge in [0.2, 0.25) is 0 Å². The summed E-state index contributed by atoms with van der Waals surface area (Å²) in [5.41, 5.74) is 1.28. The van der Waals surface area contributed by atoms with E-state index in [1.807, 2.05) is 12.3 Å². The van der Waals surface area contributed by atoms with Gasteiger partial charge in [-0.25, -0.2) is 4.98 Å². The maximum Gasteiger partial charge on any atom is 0.163 e. The van der Waals surface area contributed by atoms with Crippen molar-refractivity contribution in [2.75, 3.05) is 4.57 Å². The molecule has 1 aromatic heterocycles. The smallest absolute Gasteiger partial charge is 0.163 e. The largest absolute Gasteiger partial charge is 0.354 e. The quantitative estimate of drug-likeness (QED) is 0.676. The second-order valence-electron chi connectivity index (χ2n) is 5.14. The fraction of sp³-hybridized carbons (Fsp3) is 0.353. The molecule has 0 aliphatic carbocycles. The Morgan fingerprint density at radius 3 is 1.95 bits per heavy atom. The standard InChI is InChI=1S/C17H24N2Si/c1-4-20(5-2,6-3)19(16-12-8-7-9-13-16)17-14-10-11-15-18-17/h7-15H,4-6H2,1-3H3. The van der Waals surface area contributed by atoms with Crippen LogP contribution in [0.3, 0.4) is 0 Å². The van der Waals surface area contributed by atoms with E-state index in [9.17, 15) is 0 Å². The van der Waals surface area contributed by atoms with Gasteiger partial charge >= 0.3 is 0 Å². The number of pyridine rings is 1. The number of aromatic nitrogens is 1. The molecule has 3 heteroatoms.